The van der Waals surface area contributed by atoms with Gasteiger partial charge in [0, 0.05) is 45.7 Å². The van der Waals surface area contributed by atoms with Crippen LogP contribution >= 0.6 is 0 Å². The van der Waals surface area contributed by atoms with Crippen molar-refractivity contribution in [1.29, 1.82) is 0 Å². The molecular weight excluding hydrogens is 350 g/mol. The molecule has 1 aliphatic heterocycles. The van der Waals surface area contributed by atoms with E-state index in [-0.39, 0.29) is 0 Å². The van der Waals surface area contributed by atoms with E-state index in [1.807, 2.05) is 19.1 Å². The number of pyridine rings is 1. The Morgan fingerprint density at radius 3 is 2.50 bits per heavy atom. The summed E-state index contributed by atoms with van der Waals surface area (Å²) in [4.78, 5) is 21.0. The molecule has 0 atom stereocenters. The average molecular weight is 377 g/mol. The maximum Gasteiger partial charge on any atom is 0.356 e. The molecule has 0 saturated carbocycles. The number of aromatic nitrogens is 1. The molecule has 146 valence electrons. The molecule has 5 nitrogen and oxygen atoms in total. The quantitative estimate of drug-likeness (QED) is 0.592. The van der Waals surface area contributed by atoms with Crippen molar-refractivity contribution < 1.29 is 9.53 Å². The molecule has 2 aromatic rings. The normalized spacial score (nSPS) is 14.9. The Morgan fingerprint density at radius 1 is 1.07 bits per heavy atom. The van der Waals surface area contributed by atoms with Crippen LogP contribution in [0.3, 0.4) is 0 Å². The molecule has 0 amide bonds. The summed E-state index contributed by atoms with van der Waals surface area (Å²) in [6, 6.07) is 14.3. The first-order valence-corrected chi connectivity index (χ1v) is 9.69. The van der Waals surface area contributed by atoms with Gasteiger partial charge < -0.3 is 4.74 Å². The van der Waals surface area contributed by atoms with E-state index in [9.17, 15) is 4.79 Å². The van der Waals surface area contributed by atoms with Crippen molar-refractivity contribution in [3.05, 3.63) is 65.0 Å². The fraction of sp³-hybridized carbons (Fsp3) is 0.391. The molecule has 1 aromatic heterocycles. The largest absolute Gasteiger partial charge is 0.464 e. The van der Waals surface area contributed by atoms with Gasteiger partial charge in [0.15, 0.2) is 5.69 Å². The van der Waals surface area contributed by atoms with Crippen LogP contribution in [0.15, 0.2) is 42.5 Å². The van der Waals surface area contributed by atoms with Gasteiger partial charge in [-0.15, -0.1) is 0 Å². The number of carbonyl (C=O) groups is 1. The second kappa shape index (κ2) is 10.0. The van der Waals surface area contributed by atoms with Crippen LogP contribution in [-0.4, -0.2) is 60.6 Å². The van der Waals surface area contributed by atoms with E-state index in [0.717, 1.165) is 51.3 Å². The lowest BCUT2D eigenvalue weighted by molar-refractivity contribution is 0.0593. The maximum absolute atomic E-state index is 11.7. The maximum atomic E-state index is 11.7. The van der Waals surface area contributed by atoms with Crippen molar-refractivity contribution in [2.45, 2.75) is 19.9 Å². The Morgan fingerprint density at radius 2 is 1.79 bits per heavy atom. The van der Waals surface area contributed by atoms with E-state index in [2.05, 4.69) is 57.0 Å². The molecule has 1 aromatic carbocycles. The SMILES string of the molecule is COC(=O)c1nc(C#CCCN2CCN(Cc3ccccc3)CC2)ccc1C. The predicted molar refractivity (Wildman–Crippen MR) is 110 cm³/mol. The lowest BCUT2D eigenvalue weighted by Crippen LogP contribution is -2.46. The number of methoxy groups -OCH3 is 1. The van der Waals surface area contributed by atoms with Crippen LogP contribution in [0.1, 0.15) is 33.7 Å². The van der Waals surface area contributed by atoms with Crippen molar-refractivity contribution in [3.63, 3.8) is 0 Å². The zero-order valence-corrected chi connectivity index (χ0v) is 16.6. The first kappa shape index (κ1) is 20.1. The second-order valence-electron chi connectivity index (χ2n) is 7.01. The summed E-state index contributed by atoms with van der Waals surface area (Å²) in [6.07, 6.45) is 0.793. The molecule has 2 heterocycles. The molecule has 0 radical (unpaired) electrons. The monoisotopic (exact) mass is 377 g/mol. The molecule has 0 aliphatic carbocycles. The second-order valence-corrected chi connectivity index (χ2v) is 7.01. The number of esters is 1. The Hall–Kier alpha value is -2.68. The molecule has 0 N–H and O–H groups in total. The van der Waals surface area contributed by atoms with Gasteiger partial charge in [-0.25, -0.2) is 9.78 Å². The van der Waals surface area contributed by atoms with E-state index in [1.54, 1.807) is 0 Å². The van der Waals surface area contributed by atoms with E-state index in [4.69, 9.17) is 4.74 Å². The van der Waals surface area contributed by atoms with Crippen LogP contribution in [0.5, 0.6) is 0 Å². The van der Waals surface area contributed by atoms with Gasteiger partial charge in [0.1, 0.15) is 5.69 Å². The minimum atomic E-state index is -0.422. The number of ether oxygens (including phenoxy) is 1. The highest BCUT2D eigenvalue weighted by atomic mass is 16.5. The lowest BCUT2D eigenvalue weighted by Gasteiger charge is -2.34. The summed E-state index contributed by atoms with van der Waals surface area (Å²) in [7, 11) is 1.36. The van der Waals surface area contributed by atoms with Gasteiger partial charge in [-0.3, -0.25) is 9.80 Å². The molecule has 28 heavy (non-hydrogen) atoms. The fourth-order valence-corrected chi connectivity index (χ4v) is 3.28. The number of benzene rings is 1. The number of carbonyl (C=O) groups excluding carboxylic acids is 1. The number of aryl methyl sites for hydroxylation is 1. The topological polar surface area (TPSA) is 45.7 Å². The van der Waals surface area contributed by atoms with Gasteiger partial charge in [-0.05, 0) is 30.0 Å². The van der Waals surface area contributed by atoms with Gasteiger partial charge in [-0.1, -0.05) is 42.3 Å². The number of rotatable bonds is 5. The summed E-state index contributed by atoms with van der Waals surface area (Å²) in [5.41, 5.74) is 3.12. The number of nitrogens with zero attached hydrogens (tertiary/aromatic N) is 3. The average Bonchev–Trinajstić information content (AvgIpc) is 2.73. The molecule has 0 unspecified atom stereocenters. The smallest absolute Gasteiger partial charge is 0.356 e. The minimum Gasteiger partial charge on any atom is -0.464 e. The fourth-order valence-electron chi connectivity index (χ4n) is 3.28. The zero-order chi connectivity index (χ0) is 19.8. The molecule has 5 heteroatoms. The molecule has 1 fully saturated rings. The van der Waals surface area contributed by atoms with Crippen LogP contribution in [0, 0.1) is 18.8 Å². The standard InChI is InChI=1S/C23H27N3O2/c1-19-11-12-21(24-22(19)23(27)28-2)10-6-7-13-25-14-16-26(17-15-25)18-20-8-4-3-5-9-20/h3-5,8-9,11-12H,7,13-18H2,1-2H3. The van der Waals surface area contributed by atoms with Crippen LogP contribution in [0.25, 0.3) is 0 Å². The van der Waals surface area contributed by atoms with Gasteiger partial charge in [0.25, 0.3) is 0 Å². The minimum absolute atomic E-state index is 0.337. The van der Waals surface area contributed by atoms with Crippen molar-refractivity contribution in [1.82, 2.24) is 14.8 Å². The zero-order valence-electron chi connectivity index (χ0n) is 16.6. The van der Waals surface area contributed by atoms with E-state index in [0.29, 0.717) is 11.4 Å². The third-order valence-electron chi connectivity index (χ3n) is 4.96. The van der Waals surface area contributed by atoms with Crippen LogP contribution in [-0.2, 0) is 11.3 Å². The van der Waals surface area contributed by atoms with Gasteiger partial charge >= 0.3 is 5.97 Å². The van der Waals surface area contributed by atoms with Crippen molar-refractivity contribution >= 4 is 5.97 Å². The molecule has 0 bridgehead atoms. The summed E-state index contributed by atoms with van der Waals surface area (Å²) in [5, 5.41) is 0. The van der Waals surface area contributed by atoms with E-state index in [1.165, 1.54) is 12.7 Å². The van der Waals surface area contributed by atoms with Crippen LogP contribution in [0.4, 0.5) is 0 Å². The summed E-state index contributed by atoms with van der Waals surface area (Å²) in [5.74, 6) is 5.83. The first-order chi connectivity index (χ1) is 13.7. The summed E-state index contributed by atoms with van der Waals surface area (Å²) >= 11 is 0. The Kier molecular flexibility index (Phi) is 7.18. The molecule has 3 rings (SSSR count). The van der Waals surface area contributed by atoms with Gasteiger partial charge in [0.2, 0.25) is 0 Å². The highest BCUT2D eigenvalue weighted by Crippen LogP contribution is 2.09. The van der Waals surface area contributed by atoms with Crippen LogP contribution < -0.4 is 0 Å². The van der Waals surface area contributed by atoms with Gasteiger partial charge in [0.05, 0.1) is 7.11 Å². The lowest BCUT2D eigenvalue weighted by atomic mass is 10.2. The molecule has 1 saturated heterocycles. The van der Waals surface area contributed by atoms with E-state index < -0.39 is 5.97 Å². The van der Waals surface area contributed by atoms with Gasteiger partial charge in [-0.2, -0.15) is 0 Å². The summed E-state index contributed by atoms with van der Waals surface area (Å²) < 4.78 is 4.76. The third kappa shape index (κ3) is 5.66. The van der Waals surface area contributed by atoms with Crippen molar-refractivity contribution in [2.75, 3.05) is 39.8 Å². The Balaban J connectivity index is 1.44. The highest BCUT2D eigenvalue weighted by Gasteiger charge is 2.16. The highest BCUT2D eigenvalue weighted by molar-refractivity contribution is 5.88. The van der Waals surface area contributed by atoms with Crippen LogP contribution in [0.2, 0.25) is 0 Å². The number of hydrogen-bond acceptors (Lipinski definition) is 5. The molecule has 1 aliphatic rings. The third-order valence-corrected chi connectivity index (χ3v) is 4.96. The van der Waals surface area contributed by atoms with E-state index >= 15 is 0 Å². The number of piperazine rings is 1. The predicted octanol–water partition coefficient (Wildman–Crippen LogP) is 2.74. The molecular formula is C23H27N3O2. The Bertz CT molecular complexity index is 847. The Labute approximate surface area is 167 Å². The van der Waals surface area contributed by atoms with Crippen molar-refractivity contribution in [2.24, 2.45) is 0 Å². The molecule has 0 spiro atoms. The first-order valence-electron chi connectivity index (χ1n) is 9.69. The number of hydrogen-bond donors (Lipinski definition) is 0. The van der Waals surface area contributed by atoms with Crippen molar-refractivity contribution in [3.8, 4) is 11.8 Å². The summed E-state index contributed by atoms with van der Waals surface area (Å²) in [6.45, 7) is 8.15.